The average Bonchev–Trinajstić information content (AvgIpc) is 3.20. The molecule has 1 aliphatic rings. The van der Waals surface area contributed by atoms with Gasteiger partial charge in [0, 0.05) is 37.0 Å². The molecule has 0 spiro atoms. The number of anilines is 3. The van der Waals surface area contributed by atoms with Crippen molar-refractivity contribution in [1.82, 2.24) is 19.5 Å². The Morgan fingerprint density at radius 3 is 2.26 bits per heavy atom. The second kappa shape index (κ2) is 8.84. The van der Waals surface area contributed by atoms with E-state index in [1.165, 1.54) is 0 Å². The van der Waals surface area contributed by atoms with Gasteiger partial charge in [0.25, 0.3) is 0 Å². The summed E-state index contributed by atoms with van der Waals surface area (Å²) in [6.07, 6.45) is 1.55. The van der Waals surface area contributed by atoms with E-state index in [0.717, 1.165) is 30.4 Å². The number of methoxy groups -OCH3 is 3. The number of nitrogens with one attached hydrogen (secondary N) is 1. The van der Waals surface area contributed by atoms with Crippen LogP contribution in [0.3, 0.4) is 0 Å². The fraction of sp³-hybridized carbons (Fsp3) is 0.476. The molecule has 0 saturated carbocycles. The standard InChI is InChI=1S/C21H28N6O4/c1-13(2)27-20-17(25-21(27)26-6-8-31-9-7-26)19(22-12-23-20)24-14-10-15(28-3)18(30-5)16(11-14)29-4/h10-13H,6-9H2,1-5H3,(H,22,23,24). The van der Waals surface area contributed by atoms with Gasteiger partial charge in [-0.15, -0.1) is 0 Å². The van der Waals surface area contributed by atoms with E-state index in [1.54, 1.807) is 27.7 Å². The van der Waals surface area contributed by atoms with Crippen molar-refractivity contribution in [2.45, 2.75) is 19.9 Å². The van der Waals surface area contributed by atoms with Gasteiger partial charge in [-0.1, -0.05) is 0 Å². The summed E-state index contributed by atoms with van der Waals surface area (Å²) < 4.78 is 24.0. The van der Waals surface area contributed by atoms with E-state index in [4.69, 9.17) is 23.9 Å². The van der Waals surface area contributed by atoms with E-state index in [9.17, 15) is 0 Å². The van der Waals surface area contributed by atoms with E-state index in [1.807, 2.05) is 12.1 Å². The van der Waals surface area contributed by atoms with Gasteiger partial charge >= 0.3 is 0 Å². The van der Waals surface area contributed by atoms with Crippen molar-refractivity contribution in [3.63, 3.8) is 0 Å². The molecule has 1 saturated heterocycles. The molecule has 0 unspecified atom stereocenters. The fourth-order valence-corrected chi connectivity index (χ4v) is 3.74. The lowest BCUT2D eigenvalue weighted by molar-refractivity contribution is 0.121. The third kappa shape index (κ3) is 3.90. The largest absolute Gasteiger partial charge is 0.493 e. The number of ether oxygens (including phenoxy) is 4. The first-order chi connectivity index (χ1) is 15.1. The topological polar surface area (TPSA) is 95.8 Å². The molecule has 2 aromatic heterocycles. The van der Waals surface area contributed by atoms with Crippen molar-refractivity contribution in [2.75, 3.05) is 57.8 Å². The Kier molecular flexibility index (Phi) is 5.99. The number of hydrogen-bond donors (Lipinski definition) is 1. The third-order valence-electron chi connectivity index (χ3n) is 5.20. The molecule has 0 bridgehead atoms. The zero-order valence-corrected chi connectivity index (χ0v) is 18.5. The van der Waals surface area contributed by atoms with E-state index >= 15 is 0 Å². The van der Waals surface area contributed by atoms with E-state index in [-0.39, 0.29) is 6.04 Å². The molecule has 0 amide bonds. The summed E-state index contributed by atoms with van der Waals surface area (Å²) in [5, 5.41) is 3.34. The zero-order valence-electron chi connectivity index (χ0n) is 18.5. The van der Waals surface area contributed by atoms with Gasteiger partial charge in [0.15, 0.2) is 28.5 Å². The van der Waals surface area contributed by atoms with Crippen molar-refractivity contribution in [3.05, 3.63) is 18.5 Å². The quantitative estimate of drug-likeness (QED) is 0.609. The van der Waals surface area contributed by atoms with Crippen LogP contribution in [-0.4, -0.2) is 67.2 Å². The molecule has 1 aromatic carbocycles. The molecule has 0 aliphatic carbocycles. The summed E-state index contributed by atoms with van der Waals surface area (Å²) in [4.78, 5) is 16.2. The van der Waals surface area contributed by atoms with Crippen LogP contribution in [0.25, 0.3) is 11.2 Å². The number of morpholine rings is 1. The highest BCUT2D eigenvalue weighted by Gasteiger charge is 2.24. The monoisotopic (exact) mass is 428 g/mol. The van der Waals surface area contributed by atoms with Crippen LogP contribution in [0.4, 0.5) is 17.5 Å². The fourth-order valence-electron chi connectivity index (χ4n) is 3.74. The average molecular weight is 428 g/mol. The zero-order chi connectivity index (χ0) is 22.0. The van der Waals surface area contributed by atoms with Gasteiger partial charge in [-0.05, 0) is 13.8 Å². The van der Waals surface area contributed by atoms with Gasteiger partial charge in [-0.25, -0.2) is 15.0 Å². The van der Waals surface area contributed by atoms with E-state index in [2.05, 4.69) is 38.6 Å². The van der Waals surface area contributed by atoms with Crippen LogP contribution in [0, 0.1) is 0 Å². The van der Waals surface area contributed by atoms with Gasteiger partial charge in [-0.3, -0.25) is 4.57 Å². The molecular weight excluding hydrogens is 400 g/mol. The number of aromatic nitrogens is 4. The van der Waals surface area contributed by atoms with Crippen molar-refractivity contribution in [3.8, 4) is 17.2 Å². The lowest BCUT2D eigenvalue weighted by atomic mass is 10.2. The van der Waals surface area contributed by atoms with Crippen molar-refractivity contribution in [1.29, 1.82) is 0 Å². The molecule has 3 heterocycles. The first-order valence-electron chi connectivity index (χ1n) is 10.2. The molecule has 166 valence electrons. The lowest BCUT2D eigenvalue weighted by Crippen LogP contribution is -2.38. The van der Waals surface area contributed by atoms with Gasteiger partial charge in [0.05, 0.1) is 34.5 Å². The van der Waals surface area contributed by atoms with Gasteiger partial charge in [0.2, 0.25) is 11.7 Å². The van der Waals surface area contributed by atoms with Crippen molar-refractivity contribution in [2.24, 2.45) is 0 Å². The first kappa shape index (κ1) is 21.0. The Labute approximate surface area is 181 Å². The Bertz CT molecular complexity index is 1040. The van der Waals surface area contributed by atoms with Crippen LogP contribution in [0.5, 0.6) is 17.2 Å². The summed E-state index contributed by atoms with van der Waals surface area (Å²) >= 11 is 0. The summed E-state index contributed by atoms with van der Waals surface area (Å²) in [6, 6.07) is 3.85. The molecule has 1 aliphatic heterocycles. The molecule has 0 atom stereocenters. The molecule has 1 fully saturated rings. The number of benzene rings is 1. The van der Waals surface area contributed by atoms with Crippen LogP contribution in [-0.2, 0) is 4.74 Å². The van der Waals surface area contributed by atoms with Crippen molar-refractivity contribution < 1.29 is 18.9 Å². The summed E-state index contributed by atoms with van der Waals surface area (Å²) in [5.74, 6) is 3.12. The SMILES string of the molecule is COc1cc(Nc2ncnc3c2nc(N2CCOCC2)n3C(C)C)cc(OC)c1OC. The summed E-state index contributed by atoms with van der Waals surface area (Å²) in [5.41, 5.74) is 2.22. The Hall–Kier alpha value is -3.27. The highest BCUT2D eigenvalue weighted by molar-refractivity contribution is 5.88. The lowest BCUT2D eigenvalue weighted by Gasteiger charge is -2.29. The van der Waals surface area contributed by atoms with E-state index < -0.39 is 0 Å². The highest BCUT2D eigenvalue weighted by atomic mass is 16.5. The molecule has 3 aromatic rings. The third-order valence-corrected chi connectivity index (χ3v) is 5.20. The van der Waals surface area contributed by atoms with E-state index in [0.29, 0.717) is 41.8 Å². The maximum atomic E-state index is 5.51. The molecule has 31 heavy (non-hydrogen) atoms. The number of rotatable bonds is 7. The van der Waals surface area contributed by atoms with Crippen LogP contribution >= 0.6 is 0 Å². The second-order valence-electron chi connectivity index (χ2n) is 7.41. The molecule has 1 N–H and O–H groups in total. The van der Waals surface area contributed by atoms with Crippen LogP contribution in [0.1, 0.15) is 19.9 Å². The Morgan fingerprint density at radius 1 is 1.00 bits per heavy atom. The summed E-state index contributed by atoms with van der Waals surface area (Å²) in [7, 11) is 4.75. The number of imidazole rings is 1. The molecule has 4 rings (SSSR count). The molecular formula is C21H28N6O4. The predicted octanol–water partition coefficient (Wildman–Crippen LogP) is 3.01. The first-order valence-corrected chi connectivity index (χ1v) is 10.2. The molecule has 0 radical (unpaired) electrons. The minimum atomic E-state index is 0.187. The number of nitrogens with zero attached hydrogens (tertiary/aromatic N) is 5. The Balaban J connectivity index is 1.79. The maximum absolute atomic E-state index is 5.51. The minimum Gasteiger partial charge on any atom is -0.493 e. The Morgan fingerprint density at radius 2 is 1.68 bits per heavy atom. The molecule has 10 nitrogen and oxygen atoms in total. The number of hydrogen-bond acceptors (Lipinski definition) is 9. The van der Waals surface area contributed by atoms with Gasteiger partial charge < -0.3 is 29.2 Å². The summed E-state index contributed by atoms with van der Waals surface area (Å²) in [6.45, 7) is 7.20. The second-order valence-corrected chi connectivity index (χ2v) is 7.41. The van der Waals surface area contributed by atoms with Gasteiger partial charge in [-0.2, -0.15) is 0 Å². The number of fused-ring (bicyclic) bond motifs is 1. The maximum Gasteiger partial charge on any atom is 0.208 e. The van der Waals surface area contributed by atoms with Crippen LogP contribution in [0.2, 0.25) is 0 Å². The minimum absolute atomic E-state index is 0.187. The molecule has 10 heteroatoms. The van der Waals surface area contributed by atoms with Crippen LogP contribution < -0.4 is 24.4 Å². The predicted molar refractivity (Wildman–Crippen MR) is 118 cm³/mol. The smallest absolute Gasteiger partial charge is 0.208 e. The highest BCUT2D eigenvalue weighted by Crippen LogP contribution is 2.41. The van der Waals surface area contributed by atoms with Crippen molar-refractivity contribution >= 4 is 28.6 Å². The van der Waals surface area contributed by atoms with Crippen LogP contribution in [0.15, 0.2) is 18.5 Å². The van der Waals surface area contributed by atoms with Gasteiger partial charge in [0.1, 0.15) is 6.33 Å². The normalized spacial score (nSPS) is 14.2.